The molecule has 0 unspecified atom stereocenters. The molecule has 148 valence electrons. The van der Waals surface area contributed by atoms with E-state index in [9.17, 15) is 13.6 Å². The Kier molecular flexibility index (Phi) is 4.34. The van der Waals surface area contributed by atoms with Gasteiger partial charge in [0, 0.05) is 18.5 Å². The average Bonchev–Trinajstić information content (AvgIpc) is 3.38. The zero-order valence-electron chi connectivity index (χ0n) is 15.5. The molecule has 5 nitrogen and oxygen atoms in total. The maximum atomic E-state index is 14.6. The van der Waals surface area contributed by atoms with Crippen molar-refractivity contribution in [1.29, 1.82) is 0 Å². The lowest BCUT2D eigenvalue weighted by Gasteiger charge is -2.51. The smallest absolute Gasteiger partial charge is 0.318 e. The van der Waals surface area contributed by atoms with Gasteiger partial charge in [0.2, 0.25) is 0 Å². The topological polar surface area (TPSA) is 48.7 Å². The summed E-state index contributed by atoms with van der Waals surface area (Å²) in [7, 11) is 0. The van der Waals surface area contributed by atoms with Crippen molar-refractivity contribution in [3.63, 3.8) is 0 Å². The predicted octanol–water partition coefficient (Wildman–Crippen LogP) is 3.33. The molecule has 2 bridgehead atoms. The fourth-order valence-electron chi connectivity index (χ4n) is 5.41. The number of urea groups is 1. The minimum atomic E-state index is -0.828. The summed E-state index contributed by atoms with van der Waals surface area (Å²) in [5.41, 5.74) is 0.379. The van der Waals surface area contributed by atoms with Crippen LogP contribution in [0.5, 0.6) is 0 Å². The minimum absolute atomic E-state index is 0.0340. The monoisotopic (exact) mass is 387 g/mol. The summed E-state index contributed by atoms with van der Waals surface area (Å²) in [5.74, 6) is -0.743. The van der Waals surface area contributed by atoms with Crippen LogP contribution in [0.4, 0.5) is 13.6 Å². The molecular weight excluding hydrogens is 364 g/mol. The standard InChI is InChI=1S/C21H23F2N3O2/c22-17-5-1-4-15(18(17)23)16-12-26(21(27)24-11-14-3-2-10-28-14)19-13-6-8-25(9-7-13)20(16)19/h1-5,10,13,16,19-20H,6-9,11-12H2,(H,24,27)/t16-,19+,20+/m0/s1. The first-order valence-electron chi connectivity index (χ1n) is 9.88. The Morgan fingerprint density at radius 3 is 2.71 bits per heavy atom. The highest BCUT2D eigenvalue weighted by atomic mass is 19.2. The number of hydrogen-bond acceptors (Lipinski definition) is 3. The van der Waals surface area contributed by atoms with E-state index in [1.54, 1.807) is 24.5 Å². The molecule has 4 aliphatic heterocycles. The van der Waals surface area contributed by atoms with Crippen molar-refractivity contribution in [2.24, 2.45) is 5.92 Å². The number of amides is 2. The highest BCUT2D eigenvalue weighted by molar-refractivity contribution is 5.75. The summed E-state index contributed by atoms with van der Waals surface area (Å²) in [4.78, 5) is 17.2. The van der Waals surface area contributed by atoms with Gasteiger partial charge in [0.1, 0.15) is 5.76 Å². The van der Waals surface area contributed by atoms with Crippen LogP contribution in [0, 0.1) is 17.6 Å². The van der Waals surface area contributed by atoms with Crippen LogP contribution in [0.1, 0.15) is 30.1 Å². The molecule has 4 aliphatic rings. The maximum Gasteiger partial charge on any atom is 0.318 e. The molecule has 7 heteroatoms. The van der Waals surface area contributed by atoms with Crippen molar-refractivity contribution in [2.75, 3.05) is 19.6 Å². The van der Waals surface area contributed by atoms with E-state index in [1.165, 1.54) is 0 Å². The number of carbonyl (C=O) groups excluding carboxylic acids is 1. The van der Waals surface area contributed by atoms with Gasteiger partial charge >= 0.3 is 6.03 Å². The van der Waals surface area contributed by atoms with Gasteiger partial charge in [-0.25, -0.2) is 13.6 Å². The first kappa shape index (κ1) is 17.7. The third-order valence-corrected chi connectivity index (χ3v) is 6.63. The van der Waals surface area contributed by atoms with Crippen LogP contribution >= 0.6 is 0 Å². The van der Waals surface area contributed by atoms with Crippen LogP contribution in [0.2, 0.25) is 0 Å². The minimum Gasteiger partial charge on any atom is -0.467 e. The Balaban J connectivity index is 1.43. The third kappa shape index (κ3) is 2.80. The molecule has 3 atom stereocenters. The zero-order valence-corrected chi connectivity index (χ0v) is 15.5. The molecule has 6 rings (SSSR count). The van der Waals surface area contributed by atoms with Gasteiger partial charge in [0.05, 0.1) is 18.8 Å². The van der Waals surface area contributed by atoms with Gasteiger partial charge in [-0.05, 0) is 55.6 Å². The van der Waals surface area contributed by atoms with Gasteiger partial charge in [-0.15, -0.1) is 0 Å². The summed E-state index contributed by atoms with van der Waals surface area (Å²) in [6.45, 7) is 2.63. The van der Waals surface area contributed by atoms with Crippen LogP contribution in [-0.4, -0.2) is 47.5 Å². The molecule has 0 saturated carbocycles. The number of hydrogen-bond donors (Lipinski definition) is 1. The molecule has 2 aromatic rings. The van der Waals surface area contributed by atoms with E-state index in [0.717, 1.165) is 32.0 Å². The number of rotatable bonds is 3. The zero-order chi connectivity index (χ0) is 19.3. The quantitative estimate of drug-likeness (QED) is 0.879. The Labute approximate surface area is 162 Å². The molecule has 0 aliphatic carbocycles. The summed E-state index contributed by atoms with van der Waals surface area (Å²) in [6, 6.07) is 7.86. The molecule has 5 heterocycles. The van der Waals surface area contributed by atoms with Crippen LogP contribution in [0.3, 0.4) is 0 Å². The van der Waals surface area contributed by atoms with Crippen molar-refractivity contribution in [3.05, 3.63) is 59.6 Å². The first-order valence-corrected chi connectivity index (χ1v) is 9.88. The molecule has 0 spiro atoms. The van der Waals surface area contributed by atoms with Crippen molar-refractivity contribution in [3.8, 4) is 0 Å². The number of fused-ring (bicyclic) bond motifs is 2. The van der Waals surface area contributed by atoms with E-state index in [-0.39, 0.29) is 24.0 Å². The summed E-state index contributed by atoms with van der Waals surface area (Å²) in [5, 5.41) is 2.92. The average molecular weight is 387 g/mol. The molecule has 1 aromatic carbocycles. The number of furan rings is 1. The number of nitrogens with zero attached hydrogens (tertiary/aromatic N) is 2. The summed E-state index contributed by atoms with van der Waals surface area (Å²) >= 11 is 0. The number of piperidine rings is 3. The highest BCUT2D eigenvalue weighted by Crippen LogP contribution is 2.47. The van der Waals surface area contributed by atoms with E-state index < -0.39 is 11.6 Å². The number of halogens is 2. The van der Waals surface area contributed by atoms with E-state index in [0.29, 0.717) is 30.3 Å². The predicted molar refractivity (Wildman–Crippen MR) is 98.6 cm³/mol. The Morgan fingerprint density at radius 2 is 1.96 bits per heavy atom. The molecule has 0 radical (unpaired) electrons. The van der Waals surface area contributed by atoms with Crippen LogP contribution < -0.4 is 5.32 Å². The lowest BCUT2D eigenvalue weighted by Crippen LogP contribution is -2.61. The second-order valence-electron chi connectivity index (χ2n) is 7.99. The van der Waals surface area contributed by atoms with Crippen molar-refractivity contribution >= 4 is 6.03 Å². The summed E-state index contributed by atoms with van der Waals surface area (Å²) in [6.07, 6.45) is 3.66. The highest BCUT2D eigenvalue weighted by Gasteiger charge is 2.55. The first-order chi connectivity index (χ1) is 13.6. The lowest BCUT2D eigenvalue weighted by molar-refractivity contribution is 0.00322. The van der Waals surface area contributed by atoms with E-state index >= 15 is 0 Å². The van der Waals surface area contributed by atoms with Gasteiger partial charge in [-0.2, -0.15) is 0 Å². The molecule has 4 saturated heterocycles. The van der Waals surface area contributed by atoms with Gasteiger partial charge in [0.15, 0.2) is 11.6 Å². The summed E-state index contributed by atoms with van der Waals surface area (Å²) < 4.78 is 33.8. The number of nitrogens with one attached hydrogen (secondary N) is 1. The molecule has 2 amide bonds. The van der Waals surface area contributed by atoms with Crippen molar-refractivity contribution < 1.29 is 18.0 Å². The van der Waals surface area contributed by atoms with Crippen molar-refractivity contribution in [1.82, 2.24) is 15.1 Å². The molecular formula is C21H23F2N3O2. The molecule has 1 aromatic heterocycles. The fraction of sp³-hybridized carbons (Fsp3) is 0.476. The number of benzene rings is 1. The van der Waals surface area contributed by atoms with Gasteiger partial charge < -0.3 is 14.6 Å². The normalized spacial score (nSPS) is 31.1. The molecule has 1 N–H and O–H groups in total. The van der Waals surface area contributed by atoms with E-state index in [4.69, 9.17) is 4.42 Å². The van der Waals surface area contributed by atoms with E-state index in [2.05, 4.69) is 10.2 Å². The van der Waals surface area contributed by atoms with Gasteiger partial charge in [-0.3, -0.25) is 4.90 Å². The van der Waals surface area contributed by atoms with E-state index in [1.807, 2.05) is 11.0 Å². The second kappa shape index (κ2) is 6.88. The lowest BCUT2D eigenvalue weighted by atomic mass is 9.75. The van der Waals surface area contributed by atoms with Crippen molar-refractivity contribution in [2.45, 2.75) is 37.4 Å². The fourth-order valence-corrected chi connectivity index (χ4v) is 5.41. The molecule has 4 fully saturated rings. The number of carbonyl (C=O) groups is 1. The number of likely N-dealkylation sites (tertiary alicyclic amines) is 1. The SMILES string of the molecule is O=C(NCc1ccco1)N1C[C@@H](c2cccc(F)c2F)[C@@H]2[C@H]1C1CCN2CC1. The van der Waals surface area contributed by atoms with Crippen LogP contribution in [0.15, 0.2) is 41.0 Å². The second-order valence-corrected chi connectivity index (χ2v) is 7.99. The van der Waals surface area contributed by atoms with Gasteiger partial charge in [-0.1, -0.05) is 12.1 Å². The maximum absolute atomic E-state index is 14.6. The Hall–Kier alpha value is -2.41. The molecule has 28 heavy (non-hydrogen) atoms. The van der Waals surface area contributed by atoms with Crippen LogP contribution in [0.25, 0.3) is 0 Å². The Morgan fingerprint density at radius 1 is 1.14 bits per heavy atom. The Bertz CT molecular complexity index is 865. The van der Waals surface area contributed by atoms with Crippen LogP contribution in [-0.2, 0) is 6.54 Å². The van der Waals surface area contributed by atoms with Gasteiger partial charge in [0.25, 0.3) is 0 Å². The third-order valence-electron chi connectivity index (χ3n) is 6.63. The largest absolute Gasteiger partial charge is 0.467 e.